The summed E-state index contributed by atoms with van der Waals surface area (Å²) in [5.74, 6) is -1.67. The summed E-state index contributed by atoms with van der Waals surface area (Å²) in [5, 5.41) is 11.2. The first-order valence-electron chi connectivity index (χ1n) is 5.79. The summed E-state index contributed by atoms with van der Waals surface area (Å²) >= 11 is 0. The van der Waals surface area contributed by atoms with Crippen LogP contribution in [-0.4, -0.2) is 23.0 Å². The normalized spacial score (nSPS) is 11.9. The molecule has 1 amide bonds. The molecule has 0 aliphatic carbocycles. The number of carbonyl (C=O) groups is 2. The Morgan fingerprint density at radius 2 is 1.94 bits per heavy atom. The Balaban J connectivity index is 2.41. The number of aliphatic carboxylic acids is 1. The quantitative estimate of drug-likeness (QED) is 0.811. The van der Waals surface area contributed by atoms with Crippen LogP contribution in [0, 0.1) is 5.82 Å². The van der Waals surface area contributed by atoms with E-state index in [0.717, 1.165) is 5.56 Å². The van der Waals surface area contributed by atoms with Crippen molar-refractivity contribution in [3.8, 4) is 0 Å². The molecule has 0 fully saturated rings. The third-order valence-corrected chi connectivity index (χ3v) is 2.60. The Morgan fingerprint density at radius 3 is 2.44 bits per heavy atom. The average molecular weight is 253 g/mol. The van der Waals surface area contributed by atoms with Gasteiger partial charge in [0.2, 0.25) is 5.91 Å². The molecule has 0 unspecified atom stereocenters. The molecule has 0 saturated heterocycles. The van der Waals surface area contributed by atoms with Crippen LogP contribution in [0.25, 0.3) is 0 Å². The fourth-order valence-electron chi connectivity index (χ4n) is 1.51. The highest BCUT2D eigenvalue weighted by atomic mass is 19.1. The van der Waals surface area contributed by atoms with Gasteiger partial charge >= 0.3 is 5.97 Å². The van der Waals surface area contributed by atoms with Crippen molar-refractivity contribution in [3.63, 3.8) is 0 Å². The minimum Gasteiger partial charge on any atom is -0.480 e. The average Bonchev–Trinajstić information content (AvgIpc) is 2.35. The number of carboxylic acid groups (broad SMARTS) is 1. The SMILES string of the molecule is CC[C@H](NC(=O)CCc1ccc(F)cc1)C(=O)O. The van der Waals surface area contributed by atoms with Crippen LogP contribution >= 0.6 is 0 Å². The maximum absolute atomic E-state index is 12.6. The van der Waals surface area contributed by atoms with Gasteiger partial charge in [-0.1, -0.05) is 19.1 Å². The molecule has 1 aromatic rings. The summed E-state index contributed by atoms with van der Waals surface area (Å²) < 4.78 is 12.6. The molecule has 0 radical (unpaired) electrons. The van der Waals surface area contributed by atoms with Gasteiger partial charge in [-0.25, -0.2) is 9.18 Å². The number of aryl methyl sites for hydroxylation is 1. The molecule has 1 atom stereocenters. The number of carbonyl (C=O) groups excluding carboxylic acids is 1. The molecular formula is C13H16FNO3. The van der Waals surface area contributed by atoms with Gasteiger partial charge in [0.05, 0.1) is 0 Å². The van der Waals surface area contributed by atoms with Gasteiger partial charge in [0.15, 0.2) is 0 Å². The number of hydrogen-bond donors (Lipinski definition) is 2. The number of benzene rings is 1. The highest BCUT2D eigenvalue weighted by Crippen LogP contribution is 2.05. The molecule has 18 heavy (non-hydrogen) atoms. The largest absolute Gasteiger partial charge is 0.480 e. The molecule has 0 aromatic heterocycles. The number of halogens is 1. The van der Waals surface area contributed by atoms with Crippen LogP contribution in [-0.2, 0) is 16.0 Å². The molecule has 0 aliphatic heterocycles. The van der Waals surface area contributed by atoms with E-state index in [0.29, 0.717) is 12.8 Å². The summed E-state index contributed by atoms with van der Waals surface area (Å²) in [5.41, 5.74) is 0.843. The number of carboxylic acids is 1. The molecular weight excluding hydrogens is 237 g/mol. The molecule has 0 heterocycles. The molecule has 5 heteroatoms. The number of amides is 1. The van der Waals surface area contributed by atoms with Gasteiger partial charge in [0.25, 0.3) is 0 Å². The third kappa shape index (κ3) is 4.53. The van der Waals surface area contributed by atoms with E-state index in [1.54, 1.807) is 19.1 Å². The minimum absolute atomic E-state index is 0.190. The fourth-order valence-corrected chi connectivity index (χ4v) is 1.51. The lowest BCUT2D eigenvalue weighted by molar-refractivity contribution is -0.141. The smallest absolute Gasteiger partial charge is 0.326 e. The van der Waals surface area contributed by atoms with Gasteiger partial charge in [-0.15, -0.1) is 0 Å². The zero-order chi connectivity index (χ0) is 13.5. The van der Waals surface area contributed by atoms with E-state index >= 15 is 0 Å². The molecule has 1 rings (SSSR count). The van der Waals surface area contributed by atoms with Gasteiger partial charge in [-0.05, 0) is 30.5 Å². The summed E-state index contributed by atoms with van der Waals surface area (Å²) in [6.45, 7) is 1.69. The van der Waals surface area contributed by atoms with Gasteiger partial charge in [0.1, 0.15) is 11.9 Å². The fraction of sp³-hybridized carbons (Fsp3) is 0.385. The molecule has 0 bridgehead atoms. The first-order chi connectivity index (χ1) is 8.52. The van der Waals surface area contributed by atoms with Crippen molar-refractivity contribution in [1.29, 1.82) is 0 Å². The summed E-state index contributed by atoms with van der Waals surface area (Å²) in [6, 6.07) is 5.04. The lowest BCUT2D eigenvalue weighted by Crippen LogP contribution is -2.40. The zero-order valence-corrected chi connectivity index (χ0v) is 10.1. The monoisotopic (exact) mass is 253 g/mol. The van der Waals surface area contributed by atoms with E-state index in [-0.39, 0.29) is 18.1 Å². The maximum Gasteiger partial charge on any atom is 0.326 e. The van der Waals surface area contributed by atoms with Crippen LogP contribution in [0.5, 0.6) is 0 Å². The molecule has 0 saturated carbocycles. The Bertz CT molecular complexity index is 417. The van der Waals surface area contributed by atoms with Crippen molar-refractivity contribution in [1.82, 2.24) is 5.32 Å². The van der Waals surface area contributed by atoms with E-state index in [1.807, 2.05) is 0 Å². The predicted octanol–water partition coefficient (Wildman–Crippen LogP) is 1.74. The van der Waals surface area contributed by atoms with Gasteiger partial charge in [0, 0.05) is 6.42 Å². The first-order valence-corrected chi connectivity index (χ1v) is 5.79. The Labute approximate surface area is 105 Å². The van der Waals surface area contributed by atoms with Crippen molar-refractivity contribution in [2.24, 2.45) is 0 Å². The second-order valence-corrected chi connectivity index (χ2v) is 3.99. The molecule has 4 nitrogen and oxygen atoms in total. The Morgan fingerprint density at radius 1 is 1.33 bits per heavy atom. The van der Waals surface area contributed by atoms with Crippen LogP contribution in [0.3, 0.4) is 0 Å². The van der Waals surface area contributed by atoms with Crippen molar-refractivity contribution in [3.05, 3.63) is 35.6 Å². The minimum atomic E-state index is -1.03. The zero-order valence-electron chi connectivity index (χ0n) is 10.1. The van der Waals surface area contributed by atoms with Crippen LogP contribution < -0.4 is 5.32 Å². The summed E-state index contributed by atoms with van der Waals surface area (Å²) in [4.78, 5) is 22.2. The van der Waals surface area contributed by atoms with Crippen LogP contribution in [0.2, 0.25) is 0 Å². The second-order valence-electron chi connectivity index (χ2n) is 3.99. The number of hydrogen-bond acceptors (Lipinski definition) is 2. The Kier molecular flexibility index (Phi) is 5.30. The molecule has 0 spiro atoms. The maximum atomic E-state index is 12.6. The van der Waals surface area contributed by atoms with Crippen LogP contribution in [0.15, 0.2) is 24.3 Å². The number of nitrogens with one attached hydrogen (secondary N) is 1. The van der Waals surface area contributed by atoms with E-state index in [1.165, 1.54) is 12.1 Å². The van der Waals surface area contributed by atoms with Crippen molar-refractivity contribution in [2.75, 3.05) is 0 Å². The predicted molar refractivity (Wildman–Crippen MR) is 64.6 cm³/mol. The van der Waals surface area contributed by atoms with Gasteiger partial charge < -0.3 is 10.4 Å². The molecule has 1 aromatic carbocycles. The third-order valence-electron chi connectivity index (χ3n) is 2.60. The second kappa shape index (κ2) is 6.74. The highest BCUT2D eigenvalue weighted by Gasteiger charge is 2.16. The lowest BCUT2D eigenvalue weighted by Gasteiger charge is -2.11. The van der Waals surface area contributed by atoms with Crippen molar-refractivity contribution in [2.45, 2.75) is 32.2 Å². The molecule has 98 valence electrons. The standard InChI is InChI=1S/C13H16FNO3/c1-2-11(13(17)18)15-12(16)8-5-9-3-6-10(14)7-4-9/h3-4,6-7,11H,2,5,8H2,1H3,(H,15,16)(H,17,18)/t11-/m0/s1. The summed E-state index contributed by atoms with van der Waals surface area (Å²) in [6.07, 6.45) is 0.995. The highest BCUT2D eigenvalue weighted by molar-refractivity contribution is 5.83. The summed E-state index contributed by atoms with van der Waals surface area (Å²) in [7, 11) is 0. The first kappa shape index (κ1) is 14.2. The van der Waals surface area contributed by atoms with E-state index in [9.17, 15) is 14.0 Å². The topological polar surface area (TPSA) is 66.4 Å². The lowest BCUT2D eigenvalue weighted by atomic mass is 10.1. The van der Waals surface area contributed by atoms with E-state index in [4.69, 9.17) is 5.11 Å². The van der Waals surface area contributed by atoms with Gasteiger partial charge in [-0.2, -0.15) is 0 Å². The van der Waals surface area contributed by atoms with Crippen LogP contribution in [0.4, 0.5) is 4.39 Å². The van der Waals surface area contributed by atoms with Crippen molar-refractivity contribution >= 4 is 11.9 Å². The van der Waals surface area contributed by atoms with E-state index < -0.39 is 12.0 Å². The van der Waals surface area contributed by atoms with Crippen molar-refractivity contribution < 1.29 is 19.1 Å². The molecule has 2 N–H and O–H groups in total. The van der Waals surface area contributed by atoms with Crippen LogP contribution in [0.1, 0.15) is 25.3 Å². The number of rotatable bonds is 6. The molecule has 0 aliphatic rings. The van der Waals surface area contributed by atoms with Gasteiger partial charge in [-0.3, -0.25) is 4.79 Å². The van der Waals surface area contributed by atoms with E-state index in [2.05, 4.69) is 5.32 Å². The Hall–Kier alpha value is -1.91.